The van der Waals surface area contributed by atoms with Gasteiger partial charge in [0.2, 0.25) is 0 Å². The molecule has 0 bridgehead atoms. The van der Waals surface area contributed by atoms with Crippen LogP contribution in [0, 0.1) is 11.7 Å². The lowest BCUT2D eigenvalue weighted by Gasteiger charge is -2.35. The van der Waals surface area contributed by atoms with Gasteiger partial charge < -0.3 is 10.1 Å². The molecule has 1 fully saturated rings. The first kappa shape index (κ1) is 13.4. The normalized spacial score (nSPS) is 16.5. The number of hydrogen-bond acceptors (Lipinski definition) is 2. The molecule has 1 aliphatic heterocycles. The van der Waals surface area contributed by atoms with Crippen molar-refractivity contribution >= 4 is 11.6 Å². The Balaban J connectivity index is 1.87. The smallest absolute Gasteiger partial charge is 0.141 e. The number of nitrogens with one attached hydrogen (secondary N) is 1. The molecule has 0 saturated carbocycles. The molecule has 0 amide bonds. The van der Waals surface area contributed by atoms with Gasteiger partial charge in [-0.2, -0.15) is 0 Å². The molecule has 0 radical (unpaired) electrons. The van der Waals surface area contributed by atoms with Gasteiger partial charge in [0.1, 0.15) is 17.7 Å². The lowest BCUT2D eigenvalue weighted by atomic mass is 9.91. The van der Waals surface area contributed by atoms with Crippen molar-refractivity contribution in [1.29, 1.82) is 0 Å². The zero-order valence-corrected chi connectivity index (χ0v) is 11.6. The maximum absolute atomic E-state index is 13.3. The summed E-state index contributed by atoms with van der Waals surface area (Å²) in [5, 5.41) is 3.37. The van der Waals surface area contributed by atoms with E-state index in [9.17, 15) is 4.39 Å². The fourth-order valence-electron chi connectivity index (χ4n) is 2.30. The maximum Gasteiger partial charge on any atom is 0.141 e. The Labute approximate surface area is 122 Å². The lowest BCUT2D eigenvalue weighted by Crippen LogP contribution is -2.46. The number of halogens is 2. The first-order valence-corrected chi connectivity index (χ1v) is 6.99. The highest BCUT2D eigenvalue weighted by Gasteiger charge is 2.30. The molecule has 1 aliphatic rings. The fraction of sp³-hybridized carbons (Fsp3) is 0.250. The highest BCUT2D eigenvalue weighted by molar-refractivity contribution is 6.30. The number of ether oxygens (including phenoxy) is 1. The van der Waals surface area contributed by atoms with Crippen LogP contribution in [0.25, 0.3) is 0 Å². The first-order chi connectivity index (χ1) is 9.74. The van der Waals surface area contributed by atoms with E-state index < -0.39 is 5.82 Å². The molecule has 4 heteroatoms. The van der Waals surface area contributed by atoms with Gasteiger partial charge in [0.25, 0.3) is 0 Å². The summed E-state index contributed by atoms with van der Waals surface area (Å²) in [4.78, 5) is 0. The molecule has 1 N–H and O–H groups in total. The van der Waals surface area contributed by atoms with Crippen LogP contribution in [0.3, 0.4) is 0 Å². The van der Waals surface area contributed by atoms with Crippen molar-refractivity contribution in [3.8, 4) is 5.75 Å². The molecule has 1 saturated heterocycles. The summed E-state index contributed by atoms with van der Waals surface area (Å²) in [6.07, 6.45) is -0.114. The van der Waals surface area contributed by atoms with Crippen molar-refractivity contribution in [1.82, 2.24) is 5.32 Å². The van der Waals surface area contributed by atoms with Gasteiger partial charge in [-0.25, -0.2) is 4.39 Å². The summed E-state index contributed by atoms with van der Waals surface area (Å²) >= 11 is 5.88. The van der Waals surface area contributed by atoms with Gasteiger partial charge >= 0.3 is 0 Å². The fourth-order valence-corrected chi connectivity index (χ4v) is 2.49. The zero-order chi connectivity index (χ0) is 13.9. The quantitative estimate of drug-likeness (QED) is 0.925. The maximum atomic E-state index is 13.3. The van der Waals surface area contributed by atoms with Gasteiger partial charge in [0.15, 0.2) is 0 Å². The summed E-state index contributed by atoms with van der Waals surface area (Å²) in [6.45, 7) is 1.79. The number of benzene rings is 2. The van der Waals surface area contributed by atoms with Crippen LogP contribution in [0.5, 0.6) is 5.75 Å². The van der Waals surface area contributed by atoms with E-state index in [0.717, 1.165) is 24.4 Å². The average molecular weight is 292 g/mol. The topological polar surface area (TPSA) is 21.3 Å². The standard InChI is InChI=1S/C16H15ClFNO/c17-14-8-11(6-7-15(14)18)16(12-9-19-10-12)20-13-4-2-1-3-5-13/h1-8,12,16,19H,9-10H2. The summed E-state index contributed by atoms with van der Waals surface area (Å²) in [6, 6.07) is 14.4. The molecule has 1 atom stereocenters. The van der Waals surface area contributed by atoms with Crippen molar-refractivity contribution in [2.45, 2.75) is 6.10 Å². The van der Waals surface area contributed by atoms with Crippen LogP contribution >= 0.6 is 11.6 Å². The molecule has 2 aromatic carbocycles. The monoisotopic (exact) mass is 291 g/mol. The van der Waals surface area contributed by atoms with Crippen molar-refractivity contribution < 1.29 is 9.13 Å². The highest BCUT2D eigenvalue weighted by atomic mass is 35.5. The predicted octanol–water partition coefficient (Wildman–Crippen LogP) is 3.82. The van der Waals surface area contributed by atoms with Gasteiger partial charge in [0.05, 0.1) is 5.02 Å². The molecule has 2 nitrogen and oxygen atoms in total. The Morgan fingerprint density at radius 2 is 1.90 bits per heavy atom. The molecule has 1 unspecified atom stereocenters. The van der Waals surface area contributed by atoms with Crippen LogP contribution in [0.2, 0.25) is 5.02 Å². The second-order valence-electron chi connectivity index (χ2n) is 4.94. The molecular weight excluding hydrogens is 277 g/mol. The van der Waals surface area contributed by atoms with E-state index in [1.807, 2.05) is 30.3 Å². The lowest BCUT2D eigenvalue weighted by molar-refractivity contribution is 0.0993. The van der Waals surface area contributed by atoms with Crippen LogP contribution in [0.15, 0.2) is 48.5 Å². The number of rotatable bonds is 4. The minimum atomic E-state index is -0.402. The van der Waals surface area contributed by atoms with Crippen molar-refractivity contribution in [2.75, 3.05) is 13.1 Å². The molecule has 104 valence electrons. The van der Waals surface area contributed by atoms with Gasteiger partial charge in [-0.15, -0.1) is 0 Å². The van der Waals surface area contributed by atoms with Gasteiger partial charge in [-0.1, -0.05) is 35.9 Å². The molecule has 0 aliphatic carbocycles. The van der Waals surface area contributed by atoms with E-state index in [1.54, 1.807) is 12.1 Å². The summed E-state index contributed by atoms with van der Waals surface area (Å²) in [5.74, 6) is 0.780. The minimum absolute atomic E-state index is 0.114. The van der Waals surface area contributed by atoms with Crippen LogP contribution in [0.1, 0.15) is 11.7 Å². The highest BCUT2D eigenvalue weighted by Crippen LogP contribution is 2.32. The molecule has 20 heavy (non-hydrogen) atoms. The molecule has 2 aromatic rings. The minimum Gasteiger partial charge on any atom is -0.485 e. The Bertz CT molecular complexity index is 586. The second-order valence-corrected chi connectivity index (χ2v) is 5.35. The second kappa shape index (κ2) is 5.81. The molecule has 1 heterocycles. The Morgan fingerprint density at radius 3 is 2.50 bits per heavy atom. The Hall–Kier alpha value is -1.58. The van der Waals surface area contributed by atoms with E-state index in [4.69, 9.17) is 16.3 Å². The Kier molecular flexibility index (Phi) is 3.90. The molecule has 0 spiro atoms. The third kappa shape index (κ3) is 2.79. The summed E-state index contributed by atoms with van der Waals surface area (Å²) in [5.41, 5.74) is 0.909. The van der Waals surface area contributed by atoms with Crippen LogP contribution in [-0.4, -0.2) is 13.1 Å². The molecular formula is C16H15ClFNO. The van der Waals surface area contributed by atoms with E-state index >= 15 is 0 Å². The van der Waals surface area contributed by atoms with Crippen molar-refractivity contribution in [2.24, 2.45) is 5.92 Å². The molecule has 3 rings (SSSR count). The zero-order valence-electron chi connectivity index (χ0n) is 10.9. The summed E-state index contributed by atoms with van der Waals surface area (Å²) < 4.78 is 19.4. The average Bonchev–Trinajstić information content (AvgIpc) is 2.40. The van der Waals surface area contributed by atoms with Crippen LogP contribution < -0.4 is 10.1 Å². The number of hydrogen-bond donors (Lipinski definition) is 1. The summed E-state index contributed by atoms with van der Waals surface area (Å²) in [7, 11) is 0. The molecule has 0 aromatic heterocycles. The van der Waals surface area contributed by atoms with E-state index in [-0.39, 0.29) is 11.1 Å². The third-order valence-electron chi connectivity index (χ3n) is 3.52. The van der Waals surface area contributed by atoms with E-state index in [0.29, 0.717) is 5.92 Å². The van der Waals surface area contributed by atoms with E-state index in [1.165, 1.54) is 6.07 Å². The third-order valence-corrected chi connectivity index (χ3v) is 3.81. The van der Waals surface area contributed by atoms with Crippen molar-refractivity contribution in [3.63, 3.8) is 0 Å². The largest absolute Gasteiger partial charge is 0.485 e. The number of para-hydroxylation sites is 1. The first-order valence-electron chi connectivity index (χ1n) is 6.61. The van der Waals surface area contributed by atoms with Crippen molar-refractivity contribution in [3.05, 3.63) is 64.9 Å². The van der Waals surface area contributed by atoms with Gasteiger partial charge in [0, 0.05) is 19.0 Å². The van der Waals surface area contributed by atoms with E-state index in [2.05, 4.69) is 5.32 Å². The van der Waals surface area contributed by atoms with Gasteiger partial charge in [-0.05, 0) is 29.8 Å². The Morgan fingerprint density at radius 1 is 1.15 bits per heavy atom. The SMILES string of the molecule is Fc1ccc(C(Oc2ccccc2)C2CNC2)cc1Cl. The van der Waals surface area contributed by atoms with Crippen LogP contribution in [-0.2, 0) is 0 Å². The predicted molar refractivity (Wildman–Crippen MR) is 77.6 cm³/mol. The van der Waals surface area contributed by atoms with Gasteiger partial charge in [-0.3, -0.25) is 0 Å². The van der Waals surface area contributed by atoms with Crippen LogP contribution in [0.4, 0.5) is 4.39 Å².